The van der Waals surface area contributed by atoms with Crippen molar-refractivity contribution in [1.29, 1.82) is 0 Å². The zero-order valence-electron chi connectivity index (χ0n) is 27.1. The lowest BCUT2D eigenvalue weighted by Crippen LogP contribution is -2.49. The third kappa shape index (κ3) is 7.25. The van der Waals surface area contributed by atoms with Crippen molar-refractivity contribution in [2.45, 2.75) is 89.6 Å². The standard InChI is InChI=1S/C31H40F5N9O3/c1-4-44-23(7-10-38-44)27(47)40-24(18-5-8-30(32,33)9-6-18)22-16-45-28(39-22)41-25(43-11-12-48-29(2,3)17-43)21(42-45)14-19-13-20(31(34,35)36)15-37-26(19)46/h7,10,16,18-20,24H,4-6,8-9,11-15,17H2,1-3H3,(H,37,46)(H,40,47)/t19-,20-,24+/m1/s1. The number of ether oxygens (including phenoxy) is 1. The third-order valence-corrected chi connectivity index (χ3v) is 9.56. The highest BCUT2D eigenvalue weighted by atomic mass is 19.4. The first-order valence-electron chi connectivity index (χ1n) is 16.3. The molecule has 0 aromatic carbocycles. The molecule has 3 aliphatic rings. The molecule has 1 saturated carbocycles. The maximum Gasteiger partial charge on any atom is 0.393 e. The predicted octanol–water partition coefficient (Wildman–Crippen LogP) is 4.11. The molecule has 2 amide bonds. The molecule has 262 valence electrons. The summed E-state index contributed by atoms with van der Waals surface area (Å²) < 4.78 is 78.1. The largest absolute Gasteiger partial charge is 0.393 e. The van der Waals surface area contributed by atoms with Crippen molar-refractivity contribution in [1.82, 2.24) is 40.0 Å². The van der Waals surface area contributed by atoms with E-state index < -0.39 is 53.9 Å². The van der Waals surface area contributed by atoms with Gasteiger partial charge in [-0.3, -0.25) is 14.3 Å². The minimum Gasteiger partial charge on any atom is -0.372 e. The van der Waals surface area contributed by atoms with Crippen LogP contribution in [-0.4, -0.2) is 85.1 Å². The Morgan fingerprint density at radius 1 is 1.21 bits per heavy atom. The molecule has 3 atom stereocenters. The van der Waals surface area contributed by atoms with E-state index in [0.717, 1.165) is 0 Å². The number of hydrogen-bond donors (Lipinski definition) is 2. The maximum absolute atomic E-state index is 14.2. The van der Waals surface area contributed by atoms with Crippen molar-refractivity contribution >= 4 is 23.4 Å². The van der Waals surface area contributed by atoms with Gasteiger partial charge in [0.05, 0.1) is 36.1 Å². The van der Waals surface area contributed by atoms with Crippen LogP contribution in [-0.2, 0) is 22.5 Å². The van der Waals surface area contributed by atoms with Crippen LogP contribution in [0.15, 0.2) is 18.5 Å². The normalized spacial score (nSPS) is 24.0. The Balaban J connectivity index is 1.38. The number of carbonyl (C=O) groups is 2. The molecule has 0 bridgehead atoms. The van der Waals surface area contributed by atoms with Gasteiger partial charge in [0, 0.05) is 57.6 Å². The van der Waals surface area contributed by atoms with Crippen LogP contribution in [0.3, 0.4) is 0 Å². The number of imidazole rings is 1. The Morgan fingerprint density at radius 3 is 2.65 bits per heavy atom. The molecule has 6 rings (SSSR count). The smallest absolute Gasteiger partial charge is 0.372 e. The molecule has 3 fully saturated rings. The number of morpholine rings is 1. The number of alkyl halides is 5. The number of nitrogens with one attached hydrogen (secondary N) is 2. The molecule has 12 nitrogen and oxygen atoms in total. The molecule has 2 saturated heterocycles. The van der Waals surface area contributed by atoms with Gasteiger partial charge in [0.25, 0.3) is 11.7 Å². The van der Waals surface area contributed by atoms with Gasteiger partial charge >= 0.3 is 6.18 Å². The van der Waals surface area contributed by atoms with Crippen LogP contribution in [0, 0.1) is 17.8 Å². The van der Waals surface area contributed by atoms with E-state index in [1.807, 2.05) is 25.7 Å². The van der Waals surface area contributed by atoms with Crippen molar-refractivity contribution in [3.05, 3.63) is 35.5 Å². The summed E-state index contributed by atoms with van der Waals surface area (Å²) in [5.74, 6) is -6.21. The van der Waals surface area contributed by atoms with E-state index in [1.165, 1.54) is 15.4 Å². The fraction of sp³-hybridized carbons (Fsp3) is 0.677. The Labute approximate surface area is 273 Å². The molecule has 5 heterocycles. The van der Waals surface area contributed by atoms with E-state index in [-0.39, 0.29) is 50.2 Å². The van der Waals surface area contributed by atoms with Gasteiger partial charge in [-0.15, -0.1) is 0 Å². The van der Waals surface area contributed by atoms with Gasteiger partial charge in [-0.05, 0) is 52.0 Å². The number of aryl methyl sites for hydroxylation is 1. The monoisotopic (exact) mass is 681 g/mol. The molecule has 3 aromatic heterocycles. The summed E-state index contributed by atoms with van der Waals surface area (Å²) in [4.78, 5) is 37.7. The van der Waals surface area contributed by atoms with Crippen molar-refractivity contribution < 1.29 is 36.3 Å². The number of piperidine rings is 1. The Kier molecular flexibility index (Phi) is 9.10. The molecule has 48 heavy (non-hydrogen) atoms. The van der Waals surface area contributed by atoms with E-state index in [2.05, 4.69) is 15.7 Å². The first-order valence-corrected chi connectivity index (χ1v) is 16.3. The molecule has 2 N–H and O–H groups in total. The highest BCUT2D eigenvalue weighted by molar-refractivity contribution is 5.92. The van der Waals surface area contributed by atoms with Crippen LogP contribution < -0.4 is 15.5 Å². The van der Waals surface area contributed by atoms with Gasteiger partial charge < -0.3 is 20.3 Å². The predicted molar refractivity (Wildman–Crippen MR) is 162 cm³/mol. The first-order chi connectivity index (χ1) is 22.6. The SMILES string of the molecule is CCn1nccc1C(=O)N[C@H](c1cn2nc(C[C@H]3C[C@@H](C(F)(F)F)CNC3=O)c(N3CCOC(C)(C)C3)nc2n1)C1CCC(F)(F)CC1. The fourth-order valence-corrected chi connectivity index (χ4v) is 6.98. The lowest BCUT2D eigenvalue weighted by Gasteiger charge is -2.39. The first kappa shape index (κ1) is 34.0. The van der Waals surface area contributed by atoms with Crippen LogP contribution in [0.4, 0.5) is 27.8 Å². The van der Waals surface area contributed by atoms with Gasteiger partial charge in [0.2, 0.25) is 11.8 Å². The second-order valence-electron chi connectivity index (χ2n) is 13.6. The number of anilines is 1. The lowest BCUT2D eigenvalue weighted by molar-refractivity contribution is -0.183. The van der Waals surface area contributed by atoms with Gasteiger partial charge in [0.15, 0.2) is 5.82 Å². The summed E-state index contributed by atoms with van der Waals surface area (Å²) in [6.45, 7) is 6.84. The molecular weight excluding hydrogens is 641 g/mol. The number of hydrogen-bond acceptors (Lipinski definition) is 8. The number of rotatable bonds is 8. The number of carbonyl (C=O) groups excluding carboxylic acids is 2. The quantitative estimate of drug-likeness (QED) is 0.340. The lowest BCUT2D eigenvalue weighted by atomic mass is 9.81. The zero-order valence-corrected chi connectivity index (χ0v) is 27.1. The summed E-state index contributed by atoms with van der Waals surface area (Å²) in [6.07, 6.45) is -2.23. The molecule has 3 aromatic rings. The highest BCUT2D eigenvalue weighted by Gasteiger charge is 2.45. The minimum absolute atomic E-state index is 0.0964. The van der Waals surface area contributed by atoms with E-state index in [4.69, 9.17) is 19.8 Å². The van der Waals surface area contributed by atoms with E-state index in [1.54, 1.807) is 12.3 Å². The van der Waals surface area contributed by atoms with Gasteiger partial charge in [-0.25, -0.2) is 18.3 Å². The van der Waals surface area contributed by atoms with E-state index in [0.29, 0.717) is 49.1 Å². The van der Waals surface area contributed by atoms with Crippen LogP contribution in [0.5, 0.6) is 0 Å². The molecular formula is C31H40F5N9O3. The highest BCUT2D eigenvalue weighted by Crippen LogP contribution is 2.42. The third-order valence-electron chi connectivity index (χ3n) is 9.56. The molecule has 17 heteroatoms. The van der Waals surface area contributed by atoms with Gasteiger partial charge in [0.1, 0.15) is 11.4 Å². The molecule has 0 unspecified atom stereocenters. The minimum atomic E-state index is -4.46. The van der Waals surface area contributed by atoms with E-state index >= 15 is 0 Å². The van der Waals surface area contributed by atoms with Crippen molar-refractivity contribution in [2.75, 3.05) is 31.1 Å². The second kappa shape index (κ2) is 12.9. The molecule has 1 aliphatic carbocycles. The number of halogens is 5. The molecule has 2 aliphatic heterocycles. The Hall–Kier alpha value is -3.89. The number of fused-ring (bicyclic) bond motifs is 1. The Bertz CT molecular complexity index is 1650. The van der Waals surface area contributed by atoms with Crippen molar-refractivity contribution in [3.63, 3.8) is 0 Å². The number of nitrogens with zero attached hydrogens (tertiary/aromatic N) is 7. The Morgan fingerprint density at radius 2 is 1.96 bits per heavy atom. The van der Waals surface area contributed by atoms with Crippen molar-refractivity contribution in [2.24, 2.45) is 17.8 Å². The zero-order chi connectivity index (χ0) is 34.4. The van der Waals surface area contributed by atoms with E-state index in [9.17, 15) is 31.5 Å². The maximum atomic E-state index is 14.2. The van der Waals surface area contributed by atoms with Crippen LogP contribution in [0.2, 0.25) is 0 Å². The number of aromatic nitrogens is 6. The summed E-state index contributed by atoms with van der Waals surface area (Å²) in [7, 11) is 0. The summed E-state index contributed by atoms with van der Waals surface area (Å²) in [5.41, 5.74) is 0.429. The summed E-state index contributed by atoms with van der Waals surface area (Å²) in [6, 6.07) is 0.813. The topological polar surface area (TPSA) is 132 Å². The average Bonchev–Trinajstić information content (AvgIpc) is 3.66. The average molecular weight is 682 g/mol. The second-order valence-corrected chi connectivity index (χ2v) is 13.6. The number of amides is 2. The van der Waals surface area contributed by atoms with Gasteiger partial charge in [-0.2, -0.15) is 28.4 Å². The summed E-state index contributed by atoms with van der Waals surface area (Å²) >= 11 is 0. The fourth-order valence-electron chi connectivity index (χ4n) is 6.98. The van der Waals surface area contributed by atoms with Crippen LogP contribution >= 0.6 is 0 Å². The molecule has 0 radical (unpaired) electrons. The van der Waals surface area contributed by atoms with Crippen LogP contribution in [0.1, 0.15) is 80.8 Å². The van der Waals surface area contributed by atoms with Crippen molar-refractivity contribution in [3.8, 4) is 0 Å². The summed E-state index contributed by atoms with van der Waals surface area (Å²) in [5, 5.41) is 14.3. The van der Waals surface area contributed by atoms with Gasteiger partial charge in [-0.1, -0.05) is 0 Å². The molecule has 0 spiro atoms. The van der Waals surface area contributed by atoms with Crippen LogP contribution in [0.25, 0.3) is 5.78 Å².